The summed E-state index contributed by atoms with van der Waals surface area (Å²) in [6.07, 6.45) is 0. The molecule has 0 saturated heterocycles. The summed E-state index contributed by atoms with van der Waals surface area (Å²) in [5.41, 5.74) is 1.57. The van der Waals surface area contributed by atoms with Crippen molar-refractivity contribution in [1.82, 2.24) is 4.57 Å². The number of pyridine rings is 1. The minimum atomic E-state index is -0.336. The number of aryl methyl sites for hydroxylation is 1. The maximum Gasteiger partial charge on any atom is 0.207 e. The van der Waals surface area contributed by atoms with E-state index < -0.39 is 0 Å². The molecule has 1 aromatic carbocycles. The molecule has 0 fully saturated rings. The van der Waals surface area contributed by atoms with Gasteiger partial charge in [0.2, 0.25) is 5.56 Å². The van der Waals surface area contributed by atoms with Crippen LogP contribution in [0.4, 0.5) is 4.39 Å². The van der Waals surface area contributed by atoms with E-state index in [1.165, 1.54) is 10.6 Å². The van der Waals surface area contributed by atoms with Gasteiger partial charge in [-0.15, -0.1) is 28.7 Å². The predicted molar refractivity (Wildman–Crippen MR) is 73.4 cm³/mol. The van der Waals surface area contributed by atoms with Crippen LogP contribution >= 0.6 is 22.6 Å². The monoisotopic (exact) mass is 431 g/mol. The average molecular weight is 431 g/mol. The quantitative estimate of drug-likeness (QED) is 0.503. The third-order valence-corrected chi connectivity index (χ3v) is 3.33. The molecule has 2 aromatic rings. The molecule has 0 aliphatic rings. The van der Waals surface area contributed by atoms with Crippen molar-refractivity contribution < 1.29 is 37.1 Å². The minimum absolute atomic E-state index is 0. The first-order valence-corrected chi connectivity index (χ1v) is 6.12. The molecule has 0 aliphatic carbocycles. The van der Waals surface area contributed by atoms with E-state index in [0.29, 0.717) is 14.8 Å². The molecular weight excluding hydrogens is 421 g/mol. The molecule has 0 bridgehead atoms. The molecular formula is C13H10FINOY-. The van der Waals surface area contributed by atoms with Gasteiger partial charge < -0.3 is 4.57 Å². The van der Waals surface area contributed by atoms with E-state index in [2.05, 4.69) is 6.07 Å². The molecule has 18 heavy (non-hydrogen) atoms. The Balaban J connectivity index is 0.00000162. The summed E-state index contributed by atoms with van der Waals surface area (Å²) in [5.74, 6) is -0.336. The Kier molecular flexibility index (Phi) is 5.68. The Morgan fingerprint density at radius 1 is 1.39 bits per heavy atom. The van der Waals surface area contributed by atoms with Gasteiger partial charge in [-0.2, -0.15) is 12.1 Å². The van der Waals surface area contributed by atoms with Crippen LogP contribution in [0.1, 0.15) is 5.56 Å². The summed E-state index contributed by atoms with van der Waals surface area (Å²) in [5, 5.41) is 0. The molecule has 0 spiro atoms. The predicted octanol–water partition coefficient (Wildman–Crippen LogP) is 2.90. The summed E-state index contributed by atoms with van der Waals surface area (Å²) < 4.78 is 15.8. The fraction of sp³-hybridized carbons (Fsp3) is 0.154. The zero-order valence-electron chi connectivity index (χ0n) is 10.00. The van der Waals surface area contributed by atoms with Gasteiger partial charge >= 0.3 is 0 Å². The Morgan fingerprint density at radius 3 is 2.67 bits per heavy atom. The number of halogens is 2. The van der Waals surface area contributed by atoms with Crippen molar-refractivity contribution in [3.8, 4) is 11.3 Å². The Morgan fingerprint density at radius 2 is 2.06 bits per heavy atom. The number of aromatic nitrogens is 1. The topological polar surface area (TPSA) is 22.0 Å². The fourth-order valence-corrected chi connectivity index (χ4v) is 2.14. The van der Waals surface area contributed by atoms with Crippen LogP contribution in [0.2, 0.25) is 0 Å². The second-order valence-corrected chi connectivity index (χ2v) is 4.99. The second kappa shape index (κ2) is 6.39. The van der Waals surface area contributed by atoms with Crippen molar-refractivity contribution in [2.75, 3.05) is 0 Å². The van der Waals surface area contributed by atoms with Gasteiger partial charge in [-0.05, 0) is 16.6 Å². The molecule has 2 rings (SSSR count). The van der Waals surface area contributed by atoms with Gasteiger partial charge in [0, 0.05) is 39.8 Å². The smallest absolute Gasteiger partial charge is 0.207 e. The first kappa shape index (κ1) is 16.0. The van der Waals surface area contributed by atoms with E-state index in [4.69, 9.17) is 0 Å². The van der Waals surface area contributed by atoms with Crippen molar-refractivity contribution in [3.05, 3.63) is 55.6 Å². The van der Waals surface area contributed by atoms with Crippen molar-refractivity contribution in [2.45, 2.75) is 6.92 Å². The summed E-state index contributed by atoms with van der Waals surface area (Å²) in [7, 11) is 1.62. The zero-order chi connectivity index (χ0) is 12.6. The largest absolute Gasteiger partial charge is 0.344 e. The van der Waals surface area contributed by atoms with Crippen LogP contribution in [0.3, 0.4) is 0 Å². The van der Waals surface area contributed by atoms with Crippen LogP contribution in [0.15, 0.2) is 29.1 Å². The molecule has 91 valence electrons. The standard InChI is InChI=1S/C13H10FINO.Y/c1-8-3-4-9(10(14)7-8)12-6-5-11(15)13(17)16(12)2;/h3-5,7H,1-2H3;/q-1;. The van der Waals surface area contributed by atoms with Gasteiger partial charge in [-0.25, -0.2) is 4.39 Å². The summed E-state index contributed by atoms with van der Waals surface area (Å²) in [6.45, 7) is 1.82. The zero-order valence-corrected chi connectivity index (χ0v) is 15.0. The second-order valence-electron chi connectivity index (χ2n) is 3.83. The molecule has 1 radical (unpaired) electrons. The first-order chi connectivity index (χ1) is 8.00. The third kappa shape index (κ3) is 3.09. The van der Waals surface area contributed by atoms with Crippen LogP contribution < -0.4 is 5.56 Å². The van der Waals surface area contributed by atoms with Crippen molar-refractivity contribution >= 4 is 22.6 Å². The van der Waals surface area contributed by atoms with E-state index in [9.17, 15) is 9.18 Å². The van der Waals surface area contributed by atoms with Gasteiger partial charge in [0.25, 0.3) is 0 Å². The third-order valence-electron chi connectivity index (χ3n) is 2.56. The SMILES string of the molecule is Cc1ccc(-c2[c-]cc(I)c(=O)n2C)c(F)c1.[Y]. The maximum atomic E-state index is 13.8. The minimum Gasteiger partial charge on any atom is -0.344 e. The van der Waals surface area contributed by atoms with Crippen molar-refractivity contribution in [1.29, 1.82) is 0 Å². The summed E-state index contributed by atoms with van der Waals surface area (Å²) in [4.78, 5) is 11.8. The Hall–Kier alpha value is -0.0661. The van der Waals surface area contributed by atoms with Gasteiger partial charge in [0.05, 0.1) is 5.82 Å². The van der Waals surface area contributed by atoms with Crippen LogP contribution in [0, 0.1) is 22.4 Å². The molecule has 1 aromatic heterocycles. The number of benzene rings is 1. The van der Waals surface area contributed by atoms with E-state index >= 15 is 0 Å². The number of rotatable bonds is 1. The molecule has 0 unspecified atom stereocenters. The molecule has 0 saturated carbocycles. The Bertz CT molecular complexity index is 639. The first-order valence-electron chi connectivity index (χ1n) is 5.04. The molecule has 0 N–H and O–H groups in total. The van der Waals surface area contributed by atoms with E-state index in [1.807, 2.05) is 35.6 Å². The van der Waals surface area contributed by atoms with Gasteiger partial charge in [-0.3, -0.25) is 4.79 Å². The van der Waals surface area contributed by atoms with Crippen molar-refractivity contribution in [3.63, 3.8) is 0 Å². The maximum absolute atomic E-state index is 13.8. The molecule has 0 amide bonds. The Labute approximate surface area is 144 Å². The van der Waals surface area contributed by atoms with Crippen LogP contribution in [0.25, 0.3) is 11.3 Å². The number of hydrogen-bond donors (Lipinski definition) is 0. The number of hydrogen-bond acceptors (Lipinski definition) is 1. The van der Waals surface area contributed by atoms with E-state index in [0.717, 1.165) is 5.56 Å². The normalized spacial score (nSPS) is 10.0. The van der Waals surface area contributed by atoms with Crippen LogP contribution in [-0.4, -0.2) is 4.57 Å². The number of nitrogens with zero attached hydrogens (tertiary/aromatic N) is 1. The van der Waals surface area contributed by atoms with Crippen LogP contribution in [0.5, 0.6) is 0 Å². The van der Waals surface area contributed by atoms with Crippen LogP contribution in [-0.2, 0) is 39.8 Å². The summed E-state index contributed by atoms with van der Waals surface area (Å²) >= 11 is 1.94. The fourth-order valence-electron chi connectivity index (χ4n) is 1.62. The molecule has 0 atom stereocenters. The molecule has 1 heterocycles. The average Bonchev–Trinajstić information content (AvgIpc) is 2.28. The summed E-state index contributed by atoms with van der Waals surface area (Å²) in [6, 6.07) is 9.45. The van der Waals surface area contributed by atoms with E-state index in [1.54, 1.807) is 19.2 Å². The van der Waals surface area contributed by atoms with Crippen molar-refractivity contribution in [2.24, 2.45) is 7.05 Å². The van der Waals surface area contributed by atoms with Gasteiger partial charge in [0.1, 0.15) is 0 Å². The van der Waals surface area contributed by atoms with Gasteiger partial charge in [-0.1, -0.05) is 22.9 Å². The van der Waals surface area contributed by atoms with Gasteiger partial charge in [0.15, 0.2) is 0 Å². The molecule has 5 heteroatoms. The molecule has 2 nitrogen and oxygen atoms in total. The van der Waals surface area contributed by atoms with E-state index in [-0.39, 0.29) is 44.1 Å². The molecule has 0 aliphatic heterocycles.